The summed E-state index contributed by atoms with van der Waals surface area (Å²) in [5.74, 6) is 0.236. The van der Waals surface area contributed by atoms with E-state index >= 15 is 0 Å². The number of nitrogens with one attached hydrogen (secondary N) is 1. The van der Waals surface area contributed by atoms with Crippen LogP contribution in [0.3, 0.4) is 0 Å². The fourth-order valence-corrected chi connectivity index (χ4v) is 2.54. The van der Waals surface area contributed by atoms with E-state index < -0.39 is 6.17 Å². The van der Waals surface area contributed by atoms with Crippen molar-refractivity contribution in [3.05, 3.63) is 0 Å². The summed E-state index contributed by atoms with van der Waals surface area (Å²) < 4.78 is 18.6. The Bertz CT molecular complexity index is 229. The first-order valence-electron chi connectivity index (χ1n) is 6.22. The molecule has 0 aromatic rings. The molecule has 1 aliphatic heterocycles. The minimum atomic E-state index is -0.709. The summed E-state index contributed by atoms with van der Waals surface area (Å²) in [7, 11) is 0. The van der Waals surface area contributed by atoms with Gasteiger partial charge in [0.1, 0.15) is 12.5 Å². The molecule has 0 radical (unpaired) electrons. The molecule has 0 spiro atoms. The summed E-state index contributed by atoms with van der Waals surface area (Å²) in [5, 5.41) is 3.11. The number of ether oxygens (including phenoxy) is 1. The molecular formula is C12H20FNO2. The van der Waals surface area contributed by atoms with E-state index in [9.17, 15) is 9.18 Å². The molecule has 1 unspecified atom stereocenters. The molecule has 16 heavy (non-hydrogen) atoms. The maximum atomic E-state index is 12.9. The van der Waals surface area contributed by atoms with E-state index in [-0.39, 0.29) is 18.1 Å². The highest BCUT2D eigenvalue weighted by atomic mass is 19.1. The van der Waals surface area contributed by atoms with Crippen LogP contribution in [-0.2, 0) is 9.53 Å². The van der Waals surface area contributed by atoms with Gasteiger partial charge in [0.25, 0.3) is 0 Å². The monoisotopic (exact) mass is 229 g/mol. The van der Waals surface area contributed by atoms with Gasteiger partial charge in [-0.15, -0.1) is 0 Å². The van der Waals surface area contributed by atoms with Gasteiger partial charge in [-0.3, -0.25) is 0 Å². The van der Waals surface area contributed by atoms with Crippen LogP contribution in [0.4, 0.5) is 4.39 Å². The predicted octanol–water partition coefficient (Wildman–Crippen LogP) is 1.46. The average molecular weight is 229 g/mol. The lowest BCUT2D eigenvalue weighted by Crippen LogP contribution is -2.31. The molecule has 1 aliphatic carbocycles. The van der Waals surface area contributed by atoms with Crippen molar-refractivity contribution in [2.45, 2.75) is 50.4 Å². The average Bonchev–Trinajstić information content (AvgIpc) is 2.73. The second-order valence-corrected chi connectivity index (χ2v) is 4.94. The largest absolute Gasteiger partial charge is 0.377 e. The van der Waals surface area contributed by atoms with E-state index in [0.29, 0.717) is 19.6 Å². The Kier molecular flexibility index (Phi) is 4.29. The van der Waals surface area contributed by atoms with Crippen LogP contribution in [0.15, 0.2) is 0 Å². The third-order valence-corrected chi connectivity index (χ3v) is 3.61. The van der Waals surface area contributed by atoms with Gasteiger partial charge in [-0.1, -0.05) is 0 Å². The van der Waals surface area contributed by atoms with Crippen molar-refractivity contribution in [1.82, 2.24) is 5.32 Å². The zero-order valence-electron chi connectivity index (χ0n) is 9.53. The van der Waals surface area contributed by atoms with E-state index in [1.807, 2.05) is 0 Å². The lowest BCUT2D eigenvalue weighted by molar-refractivity contribution is -0.112. The molecule has 2 rings (SSSR count). The maximum Gasteiger partial charge on any atom is 0.123 e. The van der Waals surface area contributed by atoms with Crippen LogP contribution in [0.25, 0.3) is 0 Å². The van der Waals surface area contributed by atoms with Crippen molar-refractivity contribution >= 4 is 6.29 Å². The number of rotatable bonds is 4. The normalized spacial score (nSPS) is 39.8. The molecule has 1 heterocycles. The van der Waals surface area contributed by atoms with Gasteiger partial charge >= 0.3 is 0 Å². The van der Waals surface area contributed by atoms with Gasteiger partial charge < -0.3 is 14.8 Å². The van der Waals surface area contributed by atoms with Crippen LogP contribution in [0.1, 0.15) is 32.1 Å². The number of hydrogen-bond donors (Lipinski definition) is 1. The first-order chi connectivity index (χ1) is 7.78. The molecule has 92 valence electrons. The van der Waals surface area contributed by atoms with Crippen molar-refractivity contribution in [3.63, 3.8) is 0 Å². The number of halogens is 1. The molecule has 1 N–H and O–H groups in total. The van der Waals surface area contributed by atoms with E-state index in [1.165, 1.54) is 0 Å². The number of alkyl halides is 1. The fraction of sp³-hybridized carbons (Fsp3) is 0.917. The van der Waals surface area contributed by atoms with Gasteiger partial charge in [-0.05, 0) is 32.1 Å². The summed E-state index contributed by atoms with van der Waals surface area (Å²) >= 11 is 0. The lowest BCUT2D eigenvalue weighted by Gasteiger charge is -2.26. The standard InChI is InChI=1S/C12H20FNO2/c13-10-5-11(14-6-10)8-16-12-3-1-9(7-15)2-4-12/h7,9-12,14H,1-6,8H2/t9?,10?,11-,12?/m0/s1. The van der Waals surface area contributed by atoms with Gasteiger partial charge in [0.2, 0.25) is 0 Å². The van der Waals surface area contributed by atoms with Crippen LogP contribution in [0.5, 0.6) is 0 Å². The van der Waals surface area contributed by atoms with Crippen LogP contribution < -0.4 is 5.32 Å². The molecule has 3 nitrogen and oxygen atoms in total. The predicted molar refractivity (Wildman–Crippen MR) is 59.1 cm³/mol. The Balaban J connectivity index is 1.62. The second-order valence-electron chi connectivity index (χ2n) is 4.94. The maximum absolute atomic E-state index is 12.9. The smallest absolute Gasteiger partial charge is 0.123 e. The molecule has 1 saturated carbocycles. The Labute approximate surface area is 95.7 Å². The third kappa shape index (κ3) is 3.25. The molecule has 0 aromatic carbocycles. The van der Waals surface area contributed by atoms with Crippen LogP contribution in [0, 0.1) is 5.92 Å². The van der Waals surface area contributed by atoms with Gasteiger partial charge in [0, 0.05) is 18.5 Å². The Morgan fingerprint density at radius 2 is 2.06 bits per heavy atom. The SMILES string of the molecule is O=CC1CCC(OC[C@@H]2CC(F)CN2)CC1. The Morgan fingerprint density at radius 1 is 1.31 bits per heavy atom. The molecule has 2 fully saturated rings. The topological polar surface area (TPSA) is 38.3 Å². The summed E-state index contributed by atoms with van der Waals surface area (Å²) in [6.07, 6.45) is 5.02. The lowest BCUT2D eigenvalue weighted by atomic mass is 9.88. The molecule has 1 saturated heterocycles. The van der Waals surface area contributed by atoms with Crippen LogP contribution >= 0.6 is 0 Å². The number of aldehydes is 1. The van der Waals surface area contributed by atoms with Crippen molar-refractivity contribution in [3.8, 4) is 0 Å². The van der Waals surface area contributed by atoms with Crippen LogP contribution in [0.2, 0.25) is 0 Å². The highest BCUT2D eigenvalue weighted by molar-refractivity contribution is 5.53. The number of hydrogen-bond acceptors (Lipinski definition) is 3. The van der Waals surface area contributed by atoms with E-state index in [1.54, 1.807) is 0 Å². The zero-order valence-corrected chi connectivity index (χ0v) is 9.53. The van der Waals surface area contributed by atoms with Gasteiger partial charge in [0.05, 0.1) is 12.7 Å². The third-order valence-electron chi connectivity index (χ3n) is 3.61. The molecule has 0 bridgehead atoms. The summed E-state index contributed by atoms with van der Waals surface area (Å²) in [6.45, 7) is 1.07. The Hall–Kier alpha value is -0.480. The van der Waals surface area contributed by atoms with Gasteiger partial charge in [0.15, 0.2) is 0 Å². The van der Waals surface area contributed by atoms with Crippen molar-refractivity contribution in [1.29, 1.82) is 0 Å². The first-order valence-corrected chi connectivity index (χ1v) is 6.22. The second kappa shape index (κ2) is 5.73. The zero-order chi connectivity index (χ0) is 11.4. The summed E-state index contributed by atoms with van der Waals surface area (Å²) in [6, 6.07) is 0.179. The minimum absolute atomic E-state index is 0.179. The quantitative estimate of drug-likeness (QED) is 0.742. The molecule has 0 aromatic heterocycles. The molecule has 4 heteroatoms. The van der Waals surface area contributed by atoms with Crippen molar-refractivity contribution in [2.24, 2.45) is 5.92 Å². The summed E-state index contributed by atoms with van der Waals surface area (Å²) in [5.41, 5.74) is 0. The fourth-order valence-electron chi connectivity index (χ4n) is 2.54. The summed E-state index contributed by atoms with van der Waals surface area (Å²) in [4.78, 5) is 10.6. The van der Waals surface area contributed by atoms with E-state index in [4.69, 9.17) is 4.74 Å². The highest BCUT2D eigenvalue weighted by Crippen LogP contribution is 2.25. The van der Waals surface area contributed by atoms with Crippen molar-refractivity contribution in [2.75, 3.05) is 13.2 Å². The van der Waals surface area contributed by atoms with Crippen molar-refractivity contribution < 1.29 is 13.9 Å². The highest BCUT2D eigenvalue weighted by Gasteiger charge is 2.26. The first kappa shape index (κ1) is 12.0. The van der Waals surface area contributed by atoms with E-state index in [2.05, 4.69) is 5.32 Å². The van der Waals surface area contributed by atoms with Gasteiger partial charge in [-0.25, -0.2) is 4.39 Å². The minimum Gasteiger partial charge on any atom is -0.377 e. The molecular weight excluding hydrogens is 209 g/mol. The number of carbonyl (C=O) groups is 1. The molecule has 2 atom stereocenters. The Morgan fingerprint density at radius 3 is 2.62 bits per heavy atom. The van der Waals surface area contributed by atoms with Gasteiger partial charge in [-0.2, -0.15) is 0 Å². The number of carbonyl (C=O) groups excluding carboxylic acids is 1. The van der Waals surface area contributed by atoms with Crippen LogP contribution in [-0.4, -0.2) is 37.8 Å². The molecule has 0 amide bonds. The van der Waals surface area contributed by atoms with E-state index in [0.717, 1.165) is 32.0 Å². The molecule has 2 aliphatic rings.